The molecule has 0 saturated carbocycles. The van der Waals surface area contributed by atoms with Crippen LogP contribution < -0.4 is 0 Å². The van der Waals surface area contributed by atoms with Crippen molar-refractivity contribution in [2.45, 2.75) is 25.5 Å². The summed E-state index contributed by atoms with van der Waals surface area (Å²) in [5, 5.41) is 1.72. The molecule has 1 aliphatic heterocycles. The van der Waals surface area contributed by atoms with Crippen molar-refractivity contribution in [3.05, 3.63) is 0 Å². The molecule has 0 aromatic rings. The van der Waals surface area contributed by atoms with Gasteiger partial charge in [-0.1, -0.05) is 6.92 Å². The molecule has 70 valence electrons. The molecule has 1 fully saturated rings. The lowest BCUT2D eigenvalue weighted by Gasteiger charge is -2.17. The van der Waals surface area contributed by atoms with E-state index in [-0.39, 0.29) is 6.10 Å². The summed E-state index contributed by atoms with van der Waals surface area (Å²) < 4.78 is 5.67. The molecular formula is C8H18BNO2. The number of hydroxylamine groups is 2. The lowest BCUT2D eigenvalue weighted by atomic mass is 9.92. The Morgan fingerprint density at radius 3 is 2.67 bits per heavy atom. The van der Waals surface area contributed by atoms with Gasteiger partial charge in [-0.2, -0.15) is 5.06 Å². The second kappa shape index (κ2) is 4.26. The van der Waals surface area contributed by atoms with E-state index >= 15 is 0 Å². The van der Waals surface area contributed by atoms with Gasteiger partial charge in [0.05, 0.1) is 12.7 Å². The Balaban J connectivity index is 2.23. The van der Waals surface area contributed by atoms with Gasteiger partial charge in [-0.05, 0) is 12.3 Å². The van der Waals surface area contributed by atoms with Gasteiger partial charge >= 0.3 is 0 Å². The highest BCUT2D eigenvalue weighted by atomic mass is 16.7. The summed E-state index contributed by atoms with van der Waals surface area (Å²) in [5.74, 6) is 0.625. The standard InChI is InChI=1S/C8H18BNO2/c1-6-4-8(9)12-7(6)5-11-10(2)3/h6-8H,4-5,9H2,1-3H3/t6?,7-,8-/m1/s1. The van der Waals surface area contributed by atoms with Gasteiger partial charge in [0.2, 0.25) is 0 Å². The molecule has 0 aliphatic carbocycles. The van der Waals surface area contributed by atoms with E-state index < -0.39 is 0 Å². The summed E-state index contributed by atoms with van der Waals surface area (Å²) in [6, 6.07) is 0.399. The summed E-state index contributed by atoms with van der Waals surface area (Å²) in [7, 11) is 5.90. The highest BCUT2D eigenvalue weighted by Gasteiger charge is 2.29. The molecule has 0 amide bonds. The van der Waals surface area contributed by atoms with E-state index in [9.17, 15) is 0 Å². The van der Waals surface area contributed by atoms with E-state index in [4.69, 9.17) is 9.57 Å². The van der Waals surface area contributed by atoms with Crippen molar-refractivity contribution in [2.75, 3.05) is 20.7 Å². The van der Waals surface area contributed by atoms with Crippen LogP contribution in [0.3, 0.4) is 0 Å². The quantitative estimate of drug-likeness (QED) is 0.436. The van der Waals surface area contributed by atoms with Gasteiger partial charge in [0, 0.05) is 20.1 Å². The molecule has 4 heteroatoms. The summed E-state index contributed by atoms with van der Waals surface area (Å²) in [5.41, 5.74) is 0. The van der Waals surface area contributed by atoms with E-state index in [1.807, 2.05) is 14.1 Å². The van der Waals surface area contributed by atoms with E-state index in [0.717, 1.165) is 6.42 Å². The topological polar surface area (TPSA) is 21.7 Å². The zero-order valence-electron chi connectivity index (χ0n) is 8.41. The molecule has 3 atom stereocenters. The molecule has 0 radical (unpaired) electrons. The Labute approximate surface area is 75.4 Å². The van der Waals surface area contributed by atoms with Crippen LogP contribution >= 0.6 is 0 Å². The van der Waals surface area contributed by atoms with Gasteiger partial charge in [0.1, 0.15) is 7.85 Å². The summed E-state index contributed by atoms with van der Waals surface area (Å²) >= 11 is 0. The first-order valence-electron chi connectivity index (χ1n) is 4.55. The third kappa shape index (κ3) is 2.77. The monoisotopic (exact) mass is 171 g/mol. The molecule has 1 rings (SSSR count). The molecule has 0 N–H and O–H groups in total. The fourth-order valence-electron chi connectivity index (χ4n) is 1.59. The second-order valence-electron chi connectivity index (χ2n) is 3.81. The van der Waals surface area contributed by atoms with Crippen molar-refractivity contribution in [3.8, 4) is 0 Å². The van der Waals surface area contributed by atoms with Gasteiger partial charge in [0.15, 0.2) is 0 Å². The van der Waals surface area contributed by atoms with E-state index in [1.165, 1.54) is 0 Å². The average Bonchev–Trinajstić information content (AvgIpc) is 2.26. The van der Waals surface area contributed by atoms with Crippen LogP contribution in [0.2, 0.25) is 0 Å². The fourth-order valence-corrected chi connectivity index (χ4v) is 1.59. The number of nitrogens with zero attached hydrogens (tertiary/aromatic N) is 1. The normalized spacial score (nSPS) is 36.2. The Morgan fingerprint density at radius 1 is 1.58 bits per heavy atom. The predicted octanol–water partition coefficient (Wildman–Crippen LogP) is -0.136. The van der Waals surface area contributed by atoms with Crippen LogP contribution in [0.5, 0.6) is 0 Å². The SMILES string of the molecule is B[C@H]1CC(C)[C@@H](CON(C)C)O1. The third-order valence-electron chi connectivity index (χ3n) is 2.24. The molecule has 0 aromatic heterocycles. The second-order valence-corrected chi connectivity index (χ2v) is 3.81. The maximum atomic E-state index is 5.67. The van der Waals surface area contributed by atoms with Crippen LogP contribution in [0.25, 0.3) is 0 Å². The van der Waals surface area contributed by atoms with Crippen molar-refractivity contribution in [1.82, 2.24) is 5.06 Å². The molecule has 3 nitrogen and oxygen atoms in total. The van der Waals surface area contributed by atoms with Crippen LogP contribution in [-0.4, -0.2) is 45.7 Å². The zero-order chi connectivity index (χ0) is 9.14. The van der Waals surface area contributed by atoms with Crippen molar-refractivity contribution in [1.29, 1.82) is 0 Å². The molecule has 12 heavy (non-hydrogen) atoms. The first-order valence-corrected chi connectivity index (χ1v) is 4.55. The number of hydrogen-bond donors (Lipinski definition) is 0. The minimum absolute atomic E-state index is 0.280. The lowest BCUT2D eigenvalue weighted by Crippen LogP contribution is -2.26. The van der Waals surface area contributed by atoms with Gasteiger partial charge in [-0.25, -0.2) is 0 Å². The molecule has 1 aliphatic rings. The van der Waals surface area contributed by atoms with Gasteiger partial charge < -0.3 is 4.74 Å². The number of hydrogen-bond acceptors (Lipinski definition) is 3. The van der Waals surface area contributed by atoms with Crippen LogP contribution in [0, 0.1) is 5.92 Å². The Kier molecular flexibility index (Phi) is 3.56. The Morgan fingerprint density at radius 2 is 2.25 bits per heavy atom. The number of rotatable bonds is 3. The van der Waals surface area contributed by atoms with Gasteiger partial charge in [-0.3, -0.25) is 4.84 Å². The molecular weight excluding hydrogens is 153 g/mol. The molecule has 0 spiro atoms. The van der Waals surface area contributed by atoms with Gasteiger partial charge in [-0.15, -0.1) is 0 Å². The summed E-state index contributed by atoms with van der Waals surface area (Å²) in [6.07, 6.45) is 1.43. The average molecular weight is 171 g/mol. The van der Waals surface area contributed by atoms with Crippen LogP contribution in [0.1, 0.15) is 13.3 Å². The van der Waals surface area contributed by atoms with E-state index in [1.54, 1.807) is 5.06 Å². The largest absolute Gasteiger partial charge is 0.381 e. The van der Waals surface area contributed by atoms with Crippen molar-refractivity contribution in [2.24, 2.45) is 5.92 Å². The minimum atomic E-state index is 0.280. The number of ether oxygens (including phenoxy) is 1. The summed E-state index contributed by atoms with van der Waals surface area (Å²) in [6.45, 7) is 2.89. The first-order chi connectivity index (χ1) is 5.59. The third-order valence-corrected chi connectivity index (χ3v) is 2.24. The molecule has 1 unspecified atom stereocenters. The van der Waals surface area contributed by atoms with Crippen molar-refractivity contribution >= 4 is 7.85 Å². The van der Waals surface area contributed by atoms with Crippen LogP contribution in [0.4, 0.5) is 0 Å². The molecule has 0 bridgehead atoms. The fraction of sp³-hybridized carbons (Fsp3) is 1.00. The van der Waals surface area contributed by atoms with Crippen molar-refractivity contribution < 1.29 is 9.57 Å². The first kappa shape index (κ1) is 10.0. The van der Waals surface area contributed by atoms with E-state index in [0.29, 0.717) is 18.5 Å². The minimum Gasteiger partial charge on any atom is -0.381 e. The van der Waals surface area contributed by atoms with Crippen LogP contribution in [-0.2, 0) is 9.57 Å². The molecule has 0 aromatic carbocycles. The highest BCUT2D eigenvalue weighted by Crippen LogP contribution is 2.24. The Bertz CT molecular complexity index is 143. The smallest absolute Gasteiger partial charge is 0.139 e. The van der Waals surface area contributed by atoms with Gasteiger partial charge in [0.25, 0.3) is 0 Å². The van der Waals surface area contributed by atoms with Crippen LogP contribution in [0.15, 0.2) is 0 Å². The maximum absolute atomic E-state index is 5.67. The maximum Gasteiger partial charge on any atom is 0.139 e. The van der Waals surface area contributed by atoms with Crippen molar-refractivity contribution in [3.63, 3.8) is 0 Å². The van der Waals surface area contributed by atoms with E-state index in [2.05, 4.69) is 14.8 Å². The predicted molar refractivity (Wildman–Crippen MR) is 50.6 cm³/mol. The summed E-state index contributed by atoms with van der Waals surface area (Å²) in [4.78, 5) is 5.35. The Hall–Kier alpha value is -0.0551. The molecule has 1 saturated heterocycles. The zero-order valence-corrected chi connectivity index (χ0v) is 8.41. The molecule has 1 heterocycles. The lowest BCUT2D eigenvalue weighted by molar-refractivity contribution is -0.152. The highest BCUT2D eigenvalue weighted by molar-refractivity contribution is 6.11.